The third-order valence-electron chi connectivity index (χ3n) is 11.4. The second kappa shape index (κ2) is 13.1. The lowest BCUT2D eigenvalue weighted by Gasteiger charge is -2.41. The van der Waals surface area contributed by atoms with Crippen LogP contribution in [0, 0.1) is 23.7 Å². The number of halogens is 12. The van der Waals surface area contributed by atoms with E-state index in [0.717, 1.165) is 36.4 Å². The molecule has 4 aromatic carbocycles. The Morgan fingerprint density at radius 1 is 0.483 bits per heavy atom. The van der Waals surface area contributed by atoms with Crippen LogP contribution in [0.5, 0.6) is 0 Å². The van der Waals surface area contributed by atoms with Crippen molar-refractivity contribution in [3.63, 3.8) is 0 Å². The number of nitrogens with two attached hydrogens (primary N) is 2. The fourth-order valence-corrected chi connectivity index (χ4v) is 9.02. The van der Waals surface area contributed by atoms with Gasteiger partial charge in [-0.2, -0.15) is 52.7 Å². The van der Waals surface area contributed by atoms with Crippen molar-refractivity contribution in [1.29, 1.82) is 0 Å². The van der Waals surface area contributed by atoms with E-state index in [1.54, 1.807) is 0 Å². The number of benzene rings is 4. The molecule has 9 rings (SSSR count). The van der Waals surface area contributed by atoms with Gasteiger partial charge in [0.25, 0.3) is 5.91 Å². The predicted octanol–water partition coefficient (Wildman–Crippen LogP) is 9.28. The quantitative estimate of drug-likeness (QED) is 0.120. The molecule has 2 bridgehead atoms. The molecule has 3 aliphatic carbocycles. The van der Waals surface area contributed by atoms with E-state index >= 15 is 0 Å². The number of carbonyl (C=O) groups excluding carboxylic acids is 4. The Kier molecular flexibility index (Phi) is 8.82. The number of hydrogen-bond acceptors (Lipinski definition) is 6. The number of nitrogens with zero attached hydrogens (tertiary/aromatic N) is 2. The van der Waals surface area contributed by atoms with Crippen LogP contribution in [0.2, 0.25) is 0 Å². The molecule has 2 heterocycles. The van der Waals surface area contributed by atoms with Crippen LogP contribution >= 0.6 is 0 Å². The SMILES string of the molecule is Nc1ccc(-c2ccc(N3C(=O)C4=C5CCC(C4C3=O)C3C(=O)N(c4ccc(-c6ccc(N)cc6C(F)(F)F)c(C(F)(F)F)c4)C(=O)C53)cc2C(F)(F)F)c(C(F)(F)F)c1. The molecule has 20 heteroatoms. The zero-order valence-corrected chi connectivity index (χ0v) is 29.9. The molecule has 1 saturated carbocycles. The first-order valence-corrected chi connectivity index (χ1v) is 17.7. The van der Waals surface area contributed by atoms with Crippen LogP contribution in [-0.2, 0) is 43.9 Å². The summed E-state index contributed by atoms with van der Waals surface area (Å²) in [6.45, 7) is 0. The molecular formula is C40H24F12N4O4. The first-order chi connectivity index (χ1) is 27.8. The van der Waals surface area contributed by atoms with E-state index in [9.17, 15) is 71.9 Å². The summed E-state index contributed by atoms with van der Waals surface area (Å²) in [6, 6.07) is 7.97. The topological polar surface area (TPSA) is 127 Å². The molecule has 0 radical (unpaired) electrons. The molecule has 8 nitrogen and oxygen atoms in total. The third kappa shape index (κ3) is 6.16. The van der Waals surface area contributed by atoms with Crippen LogP contribution in [-0.4, -0.2) is 23.6 Å². The zero-order valence-electron chi connectivity index (χ0n) is 29.9. The van der Waals surface area contributed by atoms with Crippen LogP contribution in [0.3, 0.4) is 0 Å². The summed E-state index contributed by atoms with van der Waals surface area (Å²) < 4.78 is 171. The van der Waals surface area contributed by atoms with E-state index in [1.165, 1.54) is 0 Å². The van der Waals surface area contributed by atoms with Crippen molar-refractivity contribution in [2.75, 3.05) is 21.3 Å². The van der Waals surface area contributed by atoms with Gasteiger partial charge < -0.3 is 11.5 Å². The summed E-state index contributed by atoms with van der Waals surface area (Å²) in [6.07, 6.45) is -21.0. The summed E-state index contributed by atoms with van der Waals surface area (Å²) in [4.78, 5) is 57.0. The molecule has 0 spiro atoms. The number of rotatable bonds is 4. The van der Waals surface area contributed by atoms with Crippen LogP contribution in [0.25, 0.3) is 22.3 Å². The number of amides is 4. The van der Waals surface area contributed by atoms with Gasteiger partial charge in [0.15, 0.2) is 0 Å². The molecule has 4 amide bonds. The van der Waals surface area contributed by atoms with Gasteiger partial charge >= 0.3 is 24.7 Å². The molecule has 2 saturated heterocycles. The van der Waals surface area contributed by atoms with Crippen molar-refractivity contribution in [3.8, 4) is 22.3 Å². The Labute approximate surface area is 329 Å². The summed E-state index contributed by atoms with van der Waals surface area (Å²) in [5.74, 6) is -10.0. The van der Waals surface area contributed by atoms with Gasteiger partial charge in [-0.1, -0.05) is 24.3 Å². The van der Waals surface area contributed by atoms with E-state index in [2.05, 4.69) is 0 Å². The lowest BCUT2D eigenvalue weighted by Crippen LogP contribution is -2.44. The maximum absolute atomic E-state index is 14.5. The average molecular weight is 853 g/mol. The summed E-state index contributed by atoms with van der Waals surface area (Å²) >= 11 is 0. The van der Waals surface area contributed by atoms with Gasteiger partial charge in [0, 0.05) is 16.9 Å². The third-order valence-corrected chi connectivity index (χ3v) is 11.4. The number of hydrogen-bond donors (Lipinski definition) is 2. The highest BCUT2D eigenvalue weighted by molar-refractivity contribution is 6.32. The van der Waals surface area contributed by atoms with Crippen molar-refractivity contribution in [2.24, 2.45) is 23.7 Å². The first-order valence-electron chi connectivity index (χ1n) is 17.7. The van der Waals surface area contributed by atoms with Gasteiger partial charge in [0.2, 0.25) is 17.7 Å². The van der Waals surface area contributed by atoms with Crippen molar-refractivity contribution in [2.45, 2.75) is 37.5 Å². The summed E-state index contributed by atoms with van der Waals surface area (Å²) in [7, 11) is 0. The molecule has 4 unspecified atom stereocenters. The van der Waals surface area contributed by atoms with E-state index in [0.29, 0.717) is 46.2 Å². The van der Waals surface area contributed by atoms with Gasteiger partial charge in [0.1, 0.15) is 0 Å². The van der Waals surface area contributed by atoms with Crippen molar-refractivity contribution in [1.82, 2.24) is 0 Å². The van der Waals surface area contributed by atoms with Gasteiger partial charge in [-0.25, -0.2) is 9.80 Å². The van der Waals surface area contributed by atoms with Crippen molar-refractivity contribution >= 4 is 46.4 Å². The number of anilines is 4. The highest BCUT2D eigenvalue weighted by Crippen LogP contribution is 2.59. The highest BCUT2D eigenvalue weighted by Gasteiger charge is 2.65. The van der Waals surface area contributed by atoms with Crippen molar-refractivity contribution in [3.05, 3.63) is 106 Å². The fraction of sp³-hybridized carbons (Fsp3) is 0.250. The monoisotopic (exact) mass is 852 g/mol. The van der Waals surface area contributed by atoms with E-state index in [1.807, 2.05) is 0 Å². The highest BCUT2D eigenvalue weighted by atomic mass is 19.4. The molecule has 0 aromatic heterocycles. The molecule has 60 heavy (non-hydrogen) atoms. The molecule has 4 N–H and O–H groups in total. The van der Waals surface area contributed by atoms with Crippen LogP contribution in [0.4, 0.5) is 75.4 Å². The minimum atomic E-state index is -5.33. The maximum atomic E-state index is 14.5. The van der Waals surface area contributed by atoms with Gasteiger partial charge in [-0.05, 0) is 95.1 Å². The molecule has 4 aromatic rings. The zero-order chi connectivity index (χ0) is 43.8. The number of imide groups is 2. The van der Waals surface area contributed by atoms with E-state index in [4.69, 9.17) is 11.5 Å². The average Bonchev–Trinajstić information content (AvgIpc) is 3.59. The number of alkyl halides is 12. The molecule has 312 valence electrons. The van der Waals surface area contributed by atoms with Gasteiger partial charge in [-0.3, -0.25) is 19.2 Å². The van der Waals surface area contributed by atoms with Gasteiger partial charge in [-0.15, -0.1) is 0 Å². The van der Waals surface area contributed by atoms with Crippen LogP contribution < -0.4 is 21.3 Å². The van der Waals surface area contributed by atoms with Crippen LogP contribution in [0.15, 0.2) is 83.9 Å². The first kappa shape index (κ1) is 40.4. The molecular weight excluding hydrogens is 828 g/mol. The second-order valence-corrected chi connectivity index (χ2v) is 14.7. The predicted molar refractivity (Wildman–Crippen MR) is 188 cm³/mol. The number of carbonyl (C=O) groups is 4. The lowest BCUT2D eigenvalue weighted by atomic mass is 9.58. The minimum Gasteiger partial charge on any atom is -0.399 e. The standard InChI is InChI=1S/C40H24F12N4O4/c41-37(42,43)25-11-15(53)1-5-19(25)21-7-3-17(13-27(21)39(47,48)49)55-33(57)29-23-9-10-24(30(29)34(55)58)32-31(23)35(59)56(36(32)60)18-4-8-22(28(14-18)40(50,51)52)20-6-2-16(54)12-26(20)38(44,45)46/h1-8,11-14,23,29-31H,9-10,53-54H2. The Hall–Kier alpha value is -6.34. The van der Waals surface area contributed by atoms with Gasteiger partial charge in [0.05, 0.1) is 51.4 Å². The molecule has 4 atom stereocenters. The number of nitrogen functional groups attached to an aromatic ring is 2. The summed E-state index contributed by atoms with van der Waals surface area (Å²) in [5, 5.41) is 0. The number of fused-ring (bicyclic) bond motifs is 1. The largest absolute Gasteiger partial charge is 0.417 e. The Balaban J connectivity index is 1.18. The van der Waals surface area contributed by atoms with E-state index in [-0.39, 0.29) is 35.4 Å². The second-order valence-electron chi connectivity index (χ2n) is 14.7. The minimum absolute atomic E-state index is 0.00141. The summed E-state index contributed by atoms with van der Waals surface area (Å²) in [5.41, 5.74) is -1.42. The Morgan fingerprint density at radius 2 is 0.867 bits per heavy atom. The van der Waals surface area contributed by atoms with E-state index < -0.39 is 128 Å². The fourth-order valence-electron chi connectivity index (χ4n) is 9.02. The molecule has 2 aliphatic heterocycles. The normalized spacial score (nSPS) is 22.0. The maximum Gasteiger partial charge on any atom is 0.417 e. The Morgan fingerprint density at radius 3 is 1.30 bits per heavy atom. The lowest BCUT2D eigenvalue weighted by molar-refractivity contribution is -0.139. The molecule has 3 fully saturated rings. The van der Waals surface area contributed by atoms with Crippen LogP contribution in [0.1, 0.15) is 35.1 Å². The molecule has 5 aliphatic rings. The Bertz CT molecular complexity index is 2610. The van der Waals surface area contributed by atoms with Crippen molar-refractivity contribution < 1.29 is 71.9 Å². The smallest absolute Gasteiger partial charge is 0.399 e.